The van der Waals surface area contributed by atoms with Crippen LogP contribution in [0, 0.1) is 5.92 Å². The predicted octanol–water partition coefficient (Wildman–Crippen LogP) is 2.39. The zero-order valence-corrected chi connectivity index (χ0v) is 18.5. The molecule has 8 heteroatoms. The Bertz CT molecular complexity index is 782. The lowest BCUT2D eigenvalue weighted by molar-refractivity contribution is -0.125. The van der Waals surface area contributed by atoms with Crippen molar-refractivity contribution in [2.75, 3.05) is 26.2 Å². The fourth-order valence-corrected chi connectivity index (χ4v) is 4.20. The van der Waals surface area contributed by atoms with Crippen LogP contribution in [0.3, 0.4) is 0 Å². The van der Waals surface area contributed by atoms with E-state index < -0.39 is 17.7 Å². The summed E-state index contributed by atoms with van der Waals surface area (Å²) in [5.41, 5.74) is 0.0931. The van der Waals surface area contributed by atoms with Crippen molar-refractivity contribution in [2.24, 2.45) is 13.0 Å². The van der Waals surface area contributed by atoms with Gasteiger partial charge < -0.3 is 19.5 Å². The summed E-state index contributed by atoms with van der Waals surface area (Å²) in [5, 5.41) is 3.02. The number of nitrogens with zero attached hydrogens (tertiary/aromatic N) is 3. The van der Waals surface area contributed by atoms with Gasteiger partial charge in [0.05, 0.1) is 0 Å². The predicted molar refractivity (Wildman–Crippen MR) is 113 cm³/mol. The molecule has 3 heterocycles. The van der Waals surface area contributed by atoms with Crippen molar-refractivity contribution in [3.63, 3.8) is 0 Å². The molecule has 3 rings (SSSR count). The molecule has 2 saturated heterocycles. The van der Waals surface area contributed by atoms with Crippen LogP contribution < -0.4 is 5.32 Å². The highest BCUT2D eigenvalue weighted by atomic mass is 16.6. The smallest absolute Gasteiger partial charge is 0.410 e. The van der Waals surface area contributed by atoms with Gasteiger partial charge in [-0.3, -0.25) is 14.5 Å². The molecule has 2 aliphatic heterocycles. The van der Waals surface area contributed by atoms with Gasteiger partial charge in [0.2, 0.25) is 5.91 Å². The number of aromatic nitrogens is 1. The minimum atomic E-state index is -0.586. The maximum atomic E-state index is 12.8. The van der Waals surface area contributed by atoms with Crippen LogP contribution in [-0.4, -0.2) is 70.1 Å². The Labute approximate surface area is 178 Å². The van der Waals surface area contributed by atoms with E-state index in [0.29, 0.717) is 31.7 Å². The highest BCUT2D eigenvalue weighted by Crippen LogP contribution is 2.22. The van der Waals surface area contributed by atoms with Crippen LogP contribution in [0.25, 0.3) is 0 Å². The molecule has 0 aromatic carbocycles. The Kier molecular flexibility index (Phi) is 6.73. The molecule has 2 atom stereocenters. The van der Waals surface area contributed by atoms with Crippen LogP contribution in [0.5, 0.6) is 0 Å². The number of ether oxygens (including phenoxy) is 1. The number of carbonyl (C=O) groups excluding carboxylic acids is 3. The van der Waals surface area contributed by atoms with Gasteiger partial charge in [-0.15, -0.1) is 0 Å². The normalized spacial score (nSPS) is 22.1. The fraction of sp³-hybridized carbons (Fsp3) is 0.682. The topological polar surface area (TPSA) is 83.9 Å². The average molecular weight is 419 g/mol. The molecule has 0 radical (unpaired) electrons. The second kappa shape index (κ2) is 9.10. The van der Waals surface area contributed by atoms with Crippen LogP contribution in [0.2, 0.25) is 0 Å². The Morgan fingerprint density at radius 2 is 1.90 bits per heavy atom. The number of nitrogens with one attached hydrogen (secondary N) is 1. The Balaban J connectivity index is 1.52. The Morgan fingerprint density at radius 1 is 1.17 bits per heavy atom. The molecule has 2 fully saturated rings. The van der Waals surface area contributed by atoms with E-state index in [9.17, 15) is 14.4 Å². The zero-order valence-electron chi connectivity index (χ0n) is 18.5. The second-order valence-electron chi connectivity index (χ2n) is 9.34. The average Bonchev–Trinajstić information content (AvgIpc) is 3.33. The molecule has 2 unspecified atom stereocenters. The van der Waals surface area contributed by atoms with E-state index in [1.54, 1.807) is 0 Å². The molecule has 1 aromatic heterocycles. The molecule has 2 aliphatic rings. The number of amides is 3. The van der Waals surface area contributed by atoms with E-state index in [0.717, 1.165) is 25.8 Å². The van der Waals surface area contributed by atoms with E-state index >= 15 is 0 Å². The summed E-state index contributed by atoms with van der Waals surface area (Å²) in [4.78, 5) is 41.4. The van der Waals surface area contributed by atoms with E-state index in [1.165, 1.54) is 4.90 Å². The highest BCUT2D eigenvalue weighted by Gasteiger charge is 2.37. The summed E-state index contributed by atoms with van der Waals surface area (Å²) in [5.74, 6) is 0.109. The molecule has 1 N–H and O–H groups in total. The van der Waals surface area contributed by atoms with E-state index in [1.807, 2.05) is 55.6 Å². The molecule has 0 saturated carbocycles. The molecule has 0 bridgehead atoms. The molecule has 1 aromatic rings. The van der Waals surface area contributed by atoms with Crippen molar-refractivity contribution in [1.29, 1.82) is 0 Å². The SMILES string of the molecule is Cn1cccc1C(=O)N1CCCC(CNC(=O)C2CCCN2C(=O)OC(C)(C)C)C1. The summed E-state index contributed by atoms with van der Waals surface area (Å²) in [6.45, 7) is 7.88. The van der Waals surface area contributed by atoms with Gasteiger partial charge in [-0.25, -0.2) is 4.79 Å². The van der Waals surface area contributed by atoms with Gasteiger partial charge in [0.1, 0.15) is 17.3 Å². The number of rotatable bonds is 4. The first kappa shape index (κ1) is 22.2. The van der Waals surface area contributed by atoms with Gasteiger partial charge in [-0.05, 0) is 64.5 Å². The summed E-state index contributed by atoms with van der Waals surface area (Å²) in [6.07, 6.45) is 4.76. The number of aryl methyl sites for hydroxylation is 1. The largest absolute Gasteiger partial charge is 0.444 e. The quantitative estimate of drug-likeness (QED) is 0.814. The molecule has 3 amide bonds. The molecule has 166 valence electrons. The van der Waals surface area contributed by atoms with Crippen molar-refractivity contribution in [3.05, 3.63) is 24.0 Å². The molecule has 0 aliphatic carbocycles. The zero-order chi connectivity index (χ0) is 21.9. The lowest BCUT2D eigenvalue weighted by Gasteiger charge is -2.33. The van der Waals surface area contributed by atoms with Gasteiger partial charge in [0.15, 0.2) is 0 Å². The standard InChI is InChI=1S/C22H34N4O4/c1-22(2,3)30-21(29)26-13-7-9-17(26)19(27)23-14-16-8-5-12-25(15-16)20(28)18-10-6-11-24(18)4/h6,10-11,16-17H,5,7-9,12-15H2,1-4H3,(H,23,27). The van der Waals surface area contributed by atoms with Crippen molar-refractivity contribution < 1.29 is 19.1 Å². The van der Waals surface area contributed by atoms with Crippen molar-refractivity contribution in [2.45, 2.75) is 58.1 Å². The van der Waals surface area contributed by atoms with E-state index in [4.69, 9.17) is 4.74 Å². The summed E-state index contributed by atoms with van der Waals surface area (Å²) >= 11 is 0. The van der Waals surface area contributed by atoms with Crippen LogP contribution in [0.4, 0.5) is 4.79 Å². The van der Waals surface area contributed by atoms with E-state index in [2.05, 4.69) is 5.32 Å². The highest BCUT2D eigenvalue weighted by molar-refractivity contribution is 5.92. The minimum absolute atomic E-state index is 0.0328. The number of hydrogen-bond acceptors (Lipinski definition) is 4. The Hall–Kier alpha value is -2.51. The first-order valence-electron chi connectivity index (χ1n) is 10.8. The molecular formula is C22H34N4O4. The molecule has 8 nitrogen and oxygen atoms in total. The lowest BCUT2D eigenvalue weighted by atomic mass is 9.97. The van der Waals surface area contributed by atoms with Crippen molar-refractivity contribution >= 4 is 17.9 Å². The van der Waals surface area contributed by atoms with Gasteiger partial charge in [0, 0.05) is 39.4 Å². The van der Waals surface area contributed by atoms with E-state index in [-0.39, 0.29) is 17.7 Å². The first-order valence-corrected chi connectivity index (χ1v) is 10.8. The van der Waals surface area contributed by atoms with Crippen molar-refractivity contribution in [1.82, 2.24) is 19.7 Å². The summed E-state index contributed by atoms with van der Waals surface area (Å²) < 4.78 is 7.28. The summed E-state index contributed by atoms with van der Waals surface area (Å²) in [6, 6.07) is 3.22. The van der Waals surface area contributed by atoms with Crippen LogP contribution in [0.1, 0.15) is 56.9 Å². The molecule has 30 heavy (non-hydrogen) atoms. The summed E-state index contributed by atoms with van der Waals surface area (Å²) in [7, 11) is 1.87. The second-order valence-corrected chi connectivity index (χ2v) is 9.34. The number of hydrogen-bond donors (Lipinski definition) is 1. The third-order valence-electron chi connectivity index (χ3n) is 5.72. The first-order chi connectivity index (χ1) is 14.2. The number of carbonyl (C=O) groups is 3. The van der Waals surface area contributed by atoms with Gasteiger partial charge in [-0.2, -0.15) is 0 Å². The number of likely N-dealkylation sites (tertiary alicyclic amines) is 2. The molecular weight excluding hydrogens is 384 g/mol. The molecule has 0 spiro atoms. The third kappa shape index (κ3) is 5.34. The minimum Gasteiger partial charge on any atom is -0.444 e. The van der Waals surface area contributed by atoms with Crippen LogP contribution in [0.15, 0.2) is 18.3 Å². The number of piperidine rings is 1. The van der Waals surface area contributed by atoms with Gasteiger partial charge in [0.25, 0.3) is 5.91 Å². The van der Waals surface area contributed by atoms with Crippen LogP contribution >= 0.6 is 0 Å². The van der Waals surface area contributed by atoms with Gasteiger partial charge >= 0.3 is 6.09 Å². The monoisotopic (exact) mass is 418 g/mol. The third-order valence-corrected chi connectivity index (χ3v) is 5.72. The lowest BCUT2D eigenvalue weighted by Crippen LogP contribution is -2.50. The Morgan fingerprint density at radius 3 is 2.57 bits per heavy atom. The van der Waals surface area contributed by atoms with Crippen LogP contribution in [-0.2, 0) is 16.6 Å². The maximum Gasteiger partial charge on any atom is 0.410 e. The fourth-order valence-electron chi connectivity index (χ4n) is 4.20. The van der Waals surface area contributed by atoms with Crippen molar-refractivity contribution in [3.8, 4) is 0 Å². The van der Waals surface area contributed by atoms with Gasteiger partial charge in [-0.1, -0.05) is 0 Å². The maximum absolute atomic E-state index is 12.8.